The number of hydrogen-bond donors (Lipinski definition) is 0. The number of carbonyl (C=O) groups is 1. The standard InChI is InChI=1S/C10H20O2S.CHCl2.Sn/c1-9(2)6-4-3-5-7-12-10(11)8-13;2-1-3;/h9,13H,3-8H2,1-2H3;1H;/q;;+1/p-1. The first-order valence-electron chi connectivity index (χ1n) is 5.83. The van der Waals surface area contributed by atoms with Crippen LogP contribution in [0.3, 0.4) is 0 Å². The number of unbranched alkanes of at least 4 members (excludes halogenated alkanes) is 2. The van der Waals surface area contributed by atoms with Crippen LogP contribution in [0.2, 0.25) is 0 Å². The van der Waals surface area contributed by atoms with Gasteiger partial charge in [-0.2, -0.15) is 0 Å². The molecule has 0 aromatic carbocycles. The van der Waals surface area contributed by atoms with E-state index in [4.69, 9.17) is 27.9 Å². The van der Waals surface area contributed by atoms with Crippen LogP contribution in [0.15, 0.2) is 0 Å². The van der Waals surface area contributed by atoms with Gasteiger partial charge in [0.2, 0.25) is 0 Å². The van der Waals surface area contributed by atoms with Crippen molar-refractivity contribution >= 4 is 57.9 Å². The van der Waals surface area contributed by atoms with Gasteiger partial charge in [0.25, 0.3) is 0 Å². The number of rotatable bonds is 10. The second kappa shape index (κ2) is 12.2. The molecule has 0 saturated carbocycles. The quantitative estimate of drug-likeness (QED) is 0.239. The summed E-state index contributed by atoms with van der Waals surface area (Å²) >= 11 is 10.4. The Morgan fingerprint density at radius 2 is 2.00 bits per heavy atom. The molecule has 0 aliphatic carbocycles. The second-order valence-electron chi connectivity index (χ2n) is 4.17. The fourth-order valence-corrected chi connectivity index (χ4v) is 6.97. The molecule has 0 spiro atoms. The molecule has 0 bridgehead atoms. The van der Waals surface area contributed by atoms with Crippen LogP contribution in [0, 0.1) is 5.92 Å². The minimum atomic E-state index is -0.855. The van der Waals surface area contributed by atoms with Crippen molar-refractivity contribution in [1.29, 1.82) is 0 Å². The Morgan fingerprint density at radius 1 is 1.29 bits per heavy atom. The first-order chi connectivity index (χ1) is 8.02. The zero-order valence-electron chi connectivity index (χ0n) is 10.4. The number of esters is 1. The van der Waals surface area contributed by atoms with E-state index in [9.17, 15) is 4.79 Å². The van der Waals surface area contributed by atoms with Gasteiger partial charge in [0, 0.05) is 0 Å². The minimum absolute atomic E-state index is 0.131. The van der Waals surface area contributed by atoms with E-state index >= 15 is 0 Å². The number of halogens is 2. The van der Waals surface area contributed by atoms with Gasteiger partial charge in [0.1, 0.15) is 0 Å². The first kappa shape index (κ1) is 18.2. The van der Waals surface area contributed by atoms with Crippen LogP contribution < -0.4 is 0 Å². The monoisotopic (exact) mass is 406 g/mol. The van der Waals surface area contributed by atoms with Crippen LogP contribution in [0.4, 0.5) is 0 Å². The molecule has 2 radical (unpaired) electrons. The topological polar surface area (TPSA) is 26.3 Å². The predicted octanol–water partition coefficient (Wildman–Crippen LogP) is 3.86. The van der Waals surface area contributed by atoms with E-state index in [0.29, 0.717) is 12.4 Å². The molecule has 0 atom stereocenters. The molecule has 0 amide bonds. The fraction of sp³-hybridized carbons (Fsp3) is 0.909. The Labute approximate surface area is 127 Å². The van der Waals surface area contributed by atoms with Crippen molar-refractivity contribution in [3.8, 4) is 0 Å². The van der Waals surface area contributed by atoms with Crippen molar-refractivity contribution in [2.24, 2.45) is 5.92 Å². The van der Waals surface area contributed by atoms with Gasteiger partial charge in [0.05, 0.1) is 0 Å². The molecule has 0 aliphatic heterocycles. The number of carbonyl (C=O) groups excluding carboxylic acids is 1. The first-order valence-corrected chi connectivity index (χ1v) is 12.8. The molecule has 2 nitrogen and oxygen atoms in total. The number of ether oxygens (including phenoxy) is 1. The predicted molar refractivity (Wildman–Crippen MR) is 78.0 cm³/mol. The number of hydrogen-bond acceptors (Lipinski definition) is 3. The molecule has 17 heavy (non-hydrogen) atoms. The van der Waals surface area contributed by atoms with Crippen LogP contribution in [-0.2, 0) is 9.53 Å². The van der Waals surface area contributed by atoms with E-state index in [2.05, 4.69) is 13.8 Å². The normalized spacial score (nSPS) is 11.2. The maximum atomic E-state index is 11.3. The molecular formula is C11H20Cl2O2SSn. The SMILES string of the molecule is CC(C)CCCCCOC(=O)C[S][Sn][CH](Cl)Cl. The summed E-state index contributed by atoms with van der Waals surface area (Å²) in [5, 5.41) is 0. The van der Waals surface area contributed by atoms with E-state index in [-0.39, 0.29) is 8.82 Å². The second-order valence-corrected chi connectivity index (χ2v) is 14.3. The Hall–Kier alpha value is 1.20. The van der Waals surface area contributed by atoms with Crippen LogP contribution in [0.25, 0.3) is 0 Å². The van der Waals surface area contributed by atoms with Crippen LogP contribution >= 0.6 is 32.1 Å². The van der Waals surface area contributed by atoms with Crippen LogP contribution in [-0.4, -0.2) is 40.9 Å². The Morgan fingerprint density at radius 3 is 2.59 bits per heavy atom. The van der Waals surface area contributed by atoms with E-state index in [1.54, 1.807) is 8.95 Å². The van der Waals surface area contributed by atoms with Crippen molar-refractivity contribution in [3.63, 3.8) is 0 Å². The molecular weight excluding hydrogens is 386 g/mol. The molecule has 0 aromatic heterocycles. The van der Waals surface area contributed by atoms with Crippen LogP contribution in [0.5, 0.6) is 0 Å². The zero-order valence-corrected chi connectivity index (χ0v) is 15.6. The van der Waals surface area contributed by atoms with Gasteiger partial charge in [-0.05, 0) is 0 Å². The van der Waals surface area contributed by atoms with Gasteiger partial charge in [-0.25, -0.2) is 0 Å². The summed E-state index contributed by atoms with van der Waals surface area (Å²) in [5.74, 6) is 1.04. The Kier molecular flexibility index (Phi) is 13.1. The van der Waals surface area contributed by atoms with E-state index in [1.807, 2.05) is 0 Å². The summed E-state index contributed by atoms with van der Waals surface area (Å²) < 4.78 is 4.87. The van der Waals surface area contributed by atoms with Gasteiger partial charge >= 0.3 is 128 Å². The molecule has 0 heterocycles. The van der Waals surface area contributed by atoms with Crippen molar-refractivity contribution in [1.82, 2.24) is 0 Å². The van der Waals surface area contributed by atoms with E-state index in [1.165, 1.54) is 12.8 Å². The molecule has 0 unspecified atom stereocenters. The van der Waals surface area contributed by atoms with Crippen molar-refractivity contribution in [2.75, 3.05) is 12.4 Å². The summed E-state index contributed by atoms with van der Waals surface area (Å²) in [5.41, 5.74) is 0. The van der Waals surface area contributed by atoms with Crippen molar-refractivity contribution in [2.45, 2.75) is 42.4 Å². The molecule has 0 aromatic rings. The Bertz CT molecular complexity index is 204. The average molecular weight is 406 g/mol. The third-order valence-electron chi connectivity index (χ3n) is 2.05. The third-order valence-corrected chi connectivity index (χ3v) is 10.6. The van der Waals surface area contributed by atoms with Gasteiger partial charge in [-0.15, -0.1) is 0 Å². The van der Waals surface area contributed by atoms with Gasteiger partial charge in [-0.3, -0.25) is 0 Å². The summed E-state index contributed by atoms with van der Waals surface area (Å²) in [6.07, 6.45) is 4.58. The summed E-state index contributed by atoms with van der Waals surface area (Å²) in [6, 6.07) is 0. The molecule has 0 saturated heterocycles. The zero-order chi connectivity index (χ0) is 13.1. The maximum absolute atomic E-state index is 11.3. The summed E-state index contributed by atoms with van der Waals surface area (Å²) in [6.45, 7) is 5.00. The molecule has 0 N–H and O–H groups in total. The number of alkyl halides is 2. The molecule has 100 valence electrons. The van der Waals surface area contributed by atoms with Crippen molar-refractivity contribution in [3.05, 3.63) is 0 Å². The molecule has 6 heteroatoms. The summed E-state index contributed by atoms with van der Waals surface area (Å²) in [7, 11) is 1.57. The average Bonchev–Trinajstić information content (AvgIpc) is 2.22. The van der Waals surface area contributed by atoms with E-state index < -0.39 is 19.8 Å². The van der Waals surface area contributed by atoms with Gasteiger partial charge in [-0.1, -0.05) is 0 Å². The molecule has 0 fully saturated rings. The Balaban J connectivity index is 3.22. The molecule has 0 aliphatic rings. The summed E-state index contributed by atoms with van der Waals surface area (Å²) in [4.78, 5) is 11.3. The fourth-order valence-electron chi connectivity index (χ4n) is 1.22. The third kappa shape index (κ3) is 15.1. The van der Waals surface area contributed by atoms with E-state index in [0.717, 1.165) is 18.8 Å². The molecule has 0 rings (SSSR count). The van der Waals surface area contributed by atoms with Gasteiger partial charge in [0.15, 0.2) is 0 Å². The van der Waals surface area contributed by atoms with Crippen LogP contribution in [0.1, 0.15) is 39.5 Å². The van der Waals surface area contributed by atoms with Gasteiger partial charge < -0.3 is 0 Å². The van der Waals surface area contributed by atoms with Crippen molar-refractivity contribution < 1.29 is 9.53 Å².